The predicted molar refractivity (Wildman–Crippen MR) is 54.6 cm³/mol. The molecule has 0 radical (unpaired) electrons. The van der Waals surface area contributed by atoms with Crippen LogP contribution in [0.3, 0.4) is 0 Å². The third-order valence-electron chi connectivity index (χ3n) is 2.32. The van der Waals surface area contributed by atoms with Crippen molar-refractivity contribution in [1.82, 2.24) is 9.78 Å². The molecule has 0 unspecified atom stereocenters. The zero-order valence-corrected chi connectivity index (χ0v) is 8.10. The number of hydrogen-bond acceptors (Lipinski definition) is 3. The van der Waals surface area contributed by atoms with E-state index in [1.165, 1.54) is 5.56 Å². The van der Waals surface area contributed by atoms with Crippen molar-refractivity contribution >= 4 is 10.9 Å². The molecule has 0 atom stereocenters. The molecule has 4 heteroatoms. The van der Waals surface area contributed by atoms with Crippen LogP contribution in [0.15, 0.2) is 24.4 Å². The van der Waals surface area contributed by atoms with Gasteiger partial charge in [0.1, 0.15) is 0 Å². The summed E-state index contributed by atoms with van der Waals surface area (Å²) < 4.78 is 1.86. The highest BCUT2D eigenvalue weighted by Gasteiger charge is 2.00. The minimum atomic E-state index is 0.547. The zero-order chi connectivity index (χ0) is 9.97. The van der Waals surface area contributed by atoms with E-state index in [1.54, 1.807) is 0 Å². The van der Waals surface area contributed by atoms with E-state index in [0.717, 1.165) is 17.3 Å². The third-order valence-corrected chi connectivity index (χ3v) is 2.32. The molecule has 14 heavy (non-hydrogen) atoms. The Morgan fingerprint density at radius 3 is 3.14 bits per heavy atom. The summed E-state index contributed by atoms with van der Waals surface area (Å²) in [6.07, 6.45) is 2.70. The number of nitrogens with two attached hydrogens (primary N) is 1. The molecule has 1 aromatic heterocycles. The first-order chi connectivity index (χ1) is 6.81. The smallest absolute Gasteiger partial charge is 0.0719 e. The molecule has 2 N–H and O–H groups in total. The monoisotopic (exact) mass is 191 g/mol. The maximum absolute atomic E-state index is 4.98. The second-order valence-corrected chi connectivity index (χ2v) is 3.28. The molecule has 0 saturated heterocycles. The Morgan fingerprint density at radius 1 is 1.50 bits per heavy atom. The van der Waals surface area contributed by atoms with E-state index in [-0.39, 0.29) is 0 Å². The molecule has 4 nitrogen and oxygen atoms in total. The second-order valence-electron chi connectivity index (χ2n) is 3.28. The largest absolute Gasteiger partial charge is 0.304 e. The molecule has 2 rings (SSSR count). The molecular formula is C10H13N3O. The Balaban J connectivity index is 2.32. The molecule has 0 saturated carbocycles. The van der Waals surface area contributed by atoms with E-state index < -0.39 is 0 Å². The minimum Gasteiger partial charge on any atom is -0.304 e. The third kappa shape index (κ3) is 1.62. The van der Waals surface area contributed by atoms with Crippen molar-refractivity contribution in [3.8, 4) is 0 Å². The Bertz CT molecular complexity index is 436. The first-order valence-electron chi connectivity index (χ1n) is 4.53. The van der Waals surface area contributed by atoms with Gasteiger partial charge in [-0.1, -0.05) is 6.07 Å². The minimum absolute atomic E-state index is 0.547. The predicted octanol–water partition coefficient (Wildman–Crippen LogP) is 1.01. The molecule has 0 fully saturated rings. The molecule has 2 aromatic rings. The van der Waals surface area contributed by atoms with Gasteiger partial charge in [0.05, 0.1) is 18.3 Å². The number of nitrogens with zero attached hydrogens (tertiary/aromatic N) is 2. The molecular weight excluding hydrogens is 178 g/mol. The van der Waals surface area contributed by atoms with Crippen LogP contribution in [0.25, 0.3) is 10.9 Å². The van der Waals surface area contributed by atoms with Crippen LogP contribution in [0.4, 0.5) is 0 Å². The summed E-state index contributed by atoms with van der Waals surface area (Å²) in [4.78, 5) is 4.54. The van der Waals surface area contributed by atoms with Gasteiger partial charge in [-0.15, -0.1) is 0 Å². The lowest BCUT2D eigenvalue weighted by molar-refractivity contribution is 0.141. The highest BCUT2D eigenvalue weighted by molar-refractivity contribution is 5.79. The fourth-order valence-electron chi connectivity index (χ4n) is 1.55. The van der Waals surface area contributed by atoms with Crippen molar-refractivity contribution in [2.24, 2.45) is 12.9 Å². The fourth-order valence-corrected chi connectivity index (χ4v) is 1.55. The lowest BCUT2D eigenvalue weighted by atomic mass is 10.1. The van der Waals surface area contributed by atoms with Gasteiger partial charge in [0.2, 0.25) is 0 Å². The van der Waals surface area contributed by atoms with E-state index in [1.807, 2.05) is 17.9 Å². The van der Waals surface area contributed by atoms with Gasteiger partial charge >= 0.3 is 0 Å². The molecule has 74 valence electrons. The fraction of sp³-hybridized carbons (Fsp3) is 0.300. The van der Waals surface area contributed by atoms with Crippen molar-refractivity contribution in [2.45, 2.75) is 6.42 Å². The van der Waals surface area contributed by atoms with Crippen LogP contribution >= 0.6 is 0 Å². The molecule has 0 aliphatic heterocycles. The average molecular weight is 191 g/mol. The number of hydrogen-bond donors (Lipinski definition) is 1. The number of aromatic nitrogens is 2. The lowest BCUT2D eigenvalue weighted by Crippen LogP contribution is -2.03. The summed E-state index contributed by atoms with van der Waals surface area (Å²) in [7, 11) is 1.94. The lowest BCUT2D eigenvalue weighted by Gasteiger charge is -2.00. The van der Waals surface area contributed by atoms with Gasteiger partial charge in [0.25, 0.3) is 0 Å². The van der Waals surface area contributed by atoms with Gasteiger partial charge in [-0.3, -0.25) is 4.68 Å². The zero-order valence-electron chi connectivity index (χ0n) is 8.10. The van der Waals surface area contributed by atoms with Crippen LogP contribution in [-0.2, 0) is 18.3 Å². The van der Waals surface area contributed by atoms with E-state index in [0.29, 0.717) is 6.61 Å². The summed E-state index contributed by atoms with van der Waals surface area (Å²) in [5.74, 6) is 4.98. The van der Waals surface area contributed by atoms with Crippen molar-refractivity contribution < 1.29 is 4.84 Å². The van der Waals surface area contributed by atoms with Gasteiger partial charge in [-0.05, 0) is 24.1 Å². The summed E-state index contributed by atoms with van der Waals surface area (Å²) in [5.41, 5.74) is 2.36. The van der Waals surface area contributed by atoms with Crippen molar-refractivity contribution in [2.75, 3.05) is 6.61 Å². The summed E-state index contributed by atoms with van der Waals surface area (Å²) in [5, 5.41) is 5.33. The molecule has 0 bridgehead atoms. The van der Waals surface area contributed by atoms with Crippen LogP contribution in [0.5, 0.6) is 0 Å². The van der Waals surface area contributed by atoms with E-state index in [2.05, 4.69) is 28.1 Å². The SMILES string of the molecule is Cn1ncc2cc(CCON)ccc21. The molecule has 1 aromatic carbocycles. The van der Waals surface area contributed by atoms with E-state index in [4.69, 9.17) is 5.90 Å². The topological polar surface area (TPSA) is 53.1 Å². The van der Waals surface area contributed by atoms with Crippen LogP contribution < -0.4 is 5.90 Å². The Hall–Kier alpha value is -1.39. The van der Waals surface area contributed by atoms with Gasteiger partial charge in [0.15, 0.2) is 0 Å². The van der Waals surface area contributed by atoms with Crippen molar-refractivity contribution in [1.29, 1.82) is 0 Å². The standard InChI is InChI=1S/C10H13N3O/c1-13-10-3-2-8(4-5-14-11)6-9(10)7-12-13/h2-3,6-7H,4-5,11H2,1H3. The van der Waals surface area contributed by atoms with Crippen LogP contribution in [-0.4, -0.2) is 16.4 Å². The first kappa shape index (κ1) is 9.18. The Morgan fingerprint density at radius 2 is 2.36 bits per heavy atom. The van der Waals surface area contributed by atoms with Gasteiger partial charge in [-0.25, -0.2) is 5.90 Å². The Kier molecular flexibility index (Phi) is 2.47. The van der Waals surface area contributed by atoms with E-state index in [9.17, 15) is 0 Å². The van der Waals surface area contributed by atoms with Crippen molar-refractivity contribution in [3.63, 3.8) is 0 Å². The van der Waals surface area contributed by atoms with Gasteiger partial charge < -0.3 is 4.84 Å². The number of rotatable bonds is 3. The molecule has 1 heterocycles. The van der Waals surface area contributed by atoms with Crippen LogP contribution in [0, 0.1) is 0 Å². The summed E-state index contributed by atoms with van der Waals surface area (Å²) in [6, 6.07) is 6.25. The number of benzene rings is 1. The van der Waals surface area contributed by atoms with Gasteiger partial charge in [-0.2, -0.15) is 5.10 Å². The Labute approximate surface area is 82.2 Å². The normalized spacial score (nSPS) is 11.0. The van der Waals surface area contributed by atoms with Crippen LogP contribution in [0.2, 0.25) is 0 Å². The average Bonchev–Trinajstić information content (AvgIpc) is 2.57. The number of aryl methyl sites for hydroxylation is 1. The number of fused-ring (bicyclic) bond motifs is 1. The van der Waals surface area contributed by atoms with Crippen molar-refractivity contribution in [3.05, 3.63) is 30.0 Å². The van der Waals surface area contributed by atoms with Gasteiger partial charge in [0, 0.05) is 12.4 Å². The first-order valence-corrected chi connectivity index (χ1v) is 4.53. The van der Waals surface area contributed by atoms with E-state index >= 15 is 0 Å². The highest BCUT2D eigenvalue weighted by atomic mass is 16.6. The molecule has 0 aliphatic rings. The quantitative estimate of drug-likeness (QED) is 0.736. The van der Waals surface area contributed by atoms with Crippen LogP contribution in [0.1, 0.15) is 5.56 Å². The highest BCUT2D eigenvalue weighted by Crippen LogP contribution is 2.14. The second kappa shape index (κ2) is 3.77. The summed E-state index contributed by atoms with van der Waals surface area (Å²) >= 11 is 0. The molecule has 0 spiro atoms. The molecule has 0 aliphatic carbocycles. The summed E-state index contributed by atoms with van der Waals surface area (Å²) in [6.45, 7) is 0.547. The maximum atomic E-state index is 4.98. The molecule has 0 amide bonds. The maximum Gasteiger partial charge on any atom is 0.0719 e.